The van der Waals surface area contributed by atoms with E-state index in [9.17, 15) is 13.2 Å². The maximum Gasteiger partial charge on any atom is 0.335 e. The van der Waals surface area contributed by atoms with E-state index >= 15 is 0 Å². The first-order valence-corrected chi connectivity index (χ1v) is 7.23. The van der Waals surface area contributed by atoms with Crippen molar-refractivity contribution in [2.24, 2.45) is 5.14 Å². The molecule has 0 aliphatic heterocycles. The molecule has 1 aromatic carbocycles. The summed E-state index contributed by atoms with van der Waals surface area (Å²) in [5.41, 5.74) is 0.331. The first kappa shape index (κ1) is 16.6. The molecule has 0 aromatic heterocycles. The summed E-state index contributed by atoms with van der Waals surface area (Å²) in [5, 5.41) is 12.9. The number of aromatic carboxylic acids is 1. The molecule has 0 bridgehead atoms. The smallest absolute Gasteiger partial charge is 0.335 e. The third-order valence-electron chi connectivity index (χ3n) is 2.40. The van der Waals surface area contributed by atoms with Gasteiger partial charge in [0.1, 0.15) is 0 Å². The van der Waals surface area contributed by atoms with Crippen LogP contribution in [-0.2, 0) is 10.0 Å². The van der Waals surface area contributed by atoms with E-state index in [4.69, 9.17) is 10.2 Å². The fourth-order valence-corrected chi connectivity index (χ4v) is 2.26. The van der Waals surface area contributed by atoms with Crippen LogP contribution in [0.15, 0.2) is 30.3 Å². The lowest BCUT2D eigenvalue weighted by molar-refractivity contribution is 0.0697. The Morgan fingerprint density at radius 3 is 1.83 bits per heavy atom. The molecule has 0 atom stereocenters. The summed E-state index contributed by atoms with van der Waals surface area (Å²) in [4.78, 5) is 10.2. The molecular weight excluding hydrogens is 254 g/mol. The molecule has 1 rings (SSSR count). The van der Waals surface area contributed by atoms with Crippen LogP contribution in [0.5, 0.6) is 0 Å². The number of carboxylic acids is 1. The standard InChI is InChI=1S/C7H6O2.C5H13NO2S/c8-7(9)6-4-2-1-3-5-6;1-3-5(4-2)9(6,7)8/h1-5H,(H,8,9);5H,3-4H2,1-2H3,(H2,6,7,8). The number of rotatable bonds is 4. The van der Waals surface area contributed by atoms with Crippen LogP contribution in [0.4, 0.5) is 0 Å². The number of nitrogens with two attached hydrogens (primary N) is 1. The van der Waals surface area contributed by atoms with E-state index in [1.165, 1.54) is 0 Å². The summed E-state index contributed by atoms with van der Waals surface area (Å²) in [6, 6.07) is 8.30. The van der Waals surface area contributed by atoms with E-state index < -0.39 is 16.0 Å². The molecule has 0 unspecified atom stereocenters. The summed E-state index contributed by atoms with van der Waals surface area (Å²) in [6.45, 7) is 3.64. The summed E-state index contributed by atoms with van der Waals surface area (Å²) < 4.78 is 21.1. The van der Waals surface area contributed by atoms with E-state index in [-0.39, 0.29) is 5.25 Å². The molecule has 0 aliphatic rings. The van der Waals surface area contributed by atoms with Crippen LogP contribution in [0.25, 0.3) is 0 Å². The predicted molar refractivity (Wildman–Crippen MR) is 70.9 cm³/mol. The van der Waals surface area contributed by atoms with Crippen LogP contribution in [0.2, 0.25) is 0 Å². The zero-order valence-electron chi connectivity index (χ0n) is 10.5. The third-order valence-corrected chi connectivity index (χ3v) is 3.99. The van der Waals surface area contributed by atoms with Crippen molar-refractivity contribution in [1.82, 2.24) is 0 Å². The Kier molecular flexibility index (Phi) is 7.23. The topological polar surface area (TPSA) is 97.5 Å². The molecule has 6 heteroatoms. The summed E-state index contributed by atoms with van der Waals surface area (Å²) >= 11 is 0. The van der Waals surface area contributed by atoms with Crippen LogP contribution in [0.3, 0.4) is 0 Å². The van der Waals surface area contributed by atoms with Crippen molar-refractivity contribution in [1.29, 1.82) is 0 Å². The lowest BCUT2D eigenvalue weighted by Gasteiger charge is -2.07. The number of sulfonamides is 1. The zero-order valence-corrected chi connectivity index (χ0v) is 11.4. The van der Waals surface area contributed by atoms with Gasteiger partial charge in [-0.1, -0.05) is 32.0 Å². The fraction of sp³-hybridized carbons (Fsp3) is 0.417. The maximum atomic E-state index is 10.6. The van der Waals surface area contributed by atoms with Gasteiger partial charge in [0, 0.05) is 0 Å². The molecule has 18 heavy (non-hydrogen) atoms. The van der Waals surface area contributed by atoms with Gasteiger partial charge in [0.15, 0.2) is 0 Å². The Balaban J connectivity index is 0.000000321. The Morgan fingerprint density at radius 1 is 1.22 bits per heavy atom. The Labute approximate surface area is 108 Å². The van der Waals surface area contributed by atoms with Crippen molar-refractivity contribution >= 4 is 16.0 Å². The molecular formula is C12H19NO4S. The van der Waals surface area contributed by atoms with E-state index in [2.05, 4.69) is 0 Å². The van der Waals surface area contributed by atoms with E-state index in [0.29, 0.717) is 18.4 Å². The van der Waals surface area contributed by atoms with E-state index in [0.717, 1.165) is 0 Å². The van der Waals surface area contributed by atoms with Gasteiger partial charge in [-0.05, 0) is 25.0 Å². The SMILES string of the molecule is CCC(CC)S(N)(=O)=O.O=C(O)c1ccccc1. The van der Waals surface area contributed by atoms with Crippen LogP contribution in [0, 0.1) is 0 Å². The first-order chi connectivity index (χ1) is 8.32. The van der Waals surface area contributed by atoms with Gasteiger partial charge in [0.25, 0.3) is 0 Å². The molecule has 0 fully saturated rings. The number of hydrogen-bond donors (Lipinski definition) is 2. The van der Waals surface area contributed by atoms with Crippen LogP contribution < -0.4 is 5.14 Å². The Bertz CT molecular complexity index is 452. The number of carbonyl (C=O) groups is 1. The molecule has 0 aliphatic carbocycles. The van der Waals surface area contributed by atoms with Gasteiger partial charge in [-0.15, -0.1) is 0 Å². The molecule has 0 saturated carbocycles. The first-order valence-electron chi connectivity index (χ1n) is 5.62. The van der Waals surface area contributed by atoms with Gasteiger partial charge >= 0.3 is 5.97 Å². The van der Waals surface area contributed by atoms with Crippen LogP contribution >= 0.6 is 0 Å². The van der Waals surface area contributed by atoms with Crippen LogP contribution in [-0.4, -0.2) is 24.7 Å². The molecule has 5 nitrogen and oxygen atoms in total. The minimum atomic E-state index is -3.27. The lowest BCUT2D eigenvalue weighted by Crippen LogP contribution is -2.26. The average molecular weight is 273 g/mol. The van der Waals surface area contributed by atoms with E-state index in [1.54, 1.807) is 30.3 Å². The highest BCUT2D eigenvalue weighted by Gasteiger charge is 2.15. The van der Waals surface area contributed by atoms with Crippen molar-refractivity contribution in [3.8, 4) is 0 Å². The molecule has 3 N–H and O–H groups in total. The predicted octanol–water partition coefficient (Wildman–Crippen LogP) is 1.85. The van der Waals surface area contributed by atoms with Gasteiger partial charge in [0.05, 0.1) is 10.8 Å². The average Bonchev–Trinajstić information content (AvgIpc) is 2.30. The number of benzene rings is 1. The summed E-state index contributed by atoms with van der Waals surface area (Å²) in [5.74, 6) is -0.879. The molecule has 0 saturated heterocycles. The number of primary sulfonamides is 1. The summed E-state index contributed by atoms with van der Waals surface area (Å²) in [7, 11) is -3.27. The molecule has 0 heterocycles. The fourth-order valence-electron chi connectivity index (χ4n) is 1.33. The number of hydrogen-bond acceptors (Lipinski definition) is 3. The van der Waals surface area contributed by atoms with Crippen molar-refractivity contribution in [3.63, 3.8) is 0 Å². The molecule has 102 valence electrons. The normalized spacial score (nSPS) is 10.7. The monoisotopic (exact) mass is 273 g/mol. The second-order valence-corrected chi connectivity index (χ2v) is 5.54. The van der Waals surface area contributed by atoms with Gasteiger partial charge in [-0.25, -0.2) is 18.4 Å². The summed E-state index contributed by atoms with van der Waals surface area (Å²) in [6.07, 6.45) is 1.21. The quantitative estimate of drug-likeness (QED) is 0.874. The largest absolute Gasteiger partial charge is 0.478 e. The zero-order chi connectivity index (χ0) is 14.2. The second-order valence-electron chi connectivity index (χ2n) is 3.70. The highest BCUT2D eigenvalue weighted by atomic mass is 32.2. The minimum absolute atomic E-state index is 0.331. The second kappa shape index (κ2) is 7.84. The Hall–Kier alpha value is -1.40. The maximum absolute atomic E-state index is 10.6. The minimum Gasteiger partial charge on any atom is -0.478 e. The van der Waals surface area contributed by atoms with Crippen LogP contribution in [0.1, 0.15) is 37.0 Å². The van der Waals surface area contributed by atoms with Gasteiger partial charge < -0.3 is 5.11 Å². The number of carboxylic acid groups (broad SMARTS) is 1. The highest BCUT2D eigenvalue weighted by Crippen LogP contribution is 2.04. The van der Waals surface area contributed by atoms with Gasteiger partial charge in [-0.2, -0.15) is 0 Å². The van der Waals surface area contributed by atoms with Crippen molar-refractivity contribution in [2.75, 3.05) is 0 Å². The molecule has 0 spiro atoms. The molecule has 0 radical (unpaired) electrons. The molecule has 1 aromatic rings. The van der Waals surface area contributed by atoms with Gasteiger partial charge in [0.2, 0.25) is 10.0 Å². The Morgan fingerprint density at radius 2 is 1.67 bits per heavy atom. The highest BCUT2D eigenvalue weighted by molar-refractivity contribution is 7.89. The van der Waals surface area contributed by atoms with Crippen molar-refractivity contribution in [3.05, 3.63) is 35.9 Å². The van der Waals surface area contributed by atoms with Gasteiger partial charge in [-0.3, -0.25) is 0 Å². The third kappa shape index (κ3) is 6.36. The van der Waals surface area contributed by atoms with Crippen molar-refractivity contribution < 1.29 is 18.3 Å². The molecule has 0 amide bonds. The van der Waals surface area contributed by atoms with Crippen molar-refractivity contribution in [2.45, 2.75) is 31.9 Å². The van der Waals surface area contributed by atoms with E-state index in [1.807, 2.05) is 13.8 Å². The lowest BCUT2D eigenvalue weighted by atomic mass is 10.2.